The number of benzene rings is 2. The van der Waals surface area contributed by atoms with Crippen LogP contribution in [0.2, 0.25) is 0 Å². The highest BCUT2D eigenvalue weighted by molar-refractivity contribution is 6.14. The Hall–Kier alpha value is -2.59. The van der Waals surface area contributed by atoms with Gasteiger partial charge in [-0.2, -0.15) is 0 Å². The molecular weight excluding hydrogens is 314 g/mol. The van der Waals surface area contributed by atoms with Crippen molar-refractivity contribution in [2.24, 2.45) is 0 Å². The maximum atomic E-state index is 12.7. The van der Waals surface area contributed by atoms with Crippen molar-refractivity contribution < 1.29 is 19.5 Å². The standard InChI is InChI=1S/C21H21NO3/c1-14-5-4-6-15(11-14)12-19-20(24)16-7-8-18(23)17(21(16)25-19)13-22-9-2-3-10-22/h4-8,11-12,23H,2-3,9-10,13H2,1H3/p+1/b19-12-. The number of rotatable bonds is 3. The Bertz CT molecular complexity index is 863. The summed E-state index contributed by atoms with van der Waals surface area (Å²) in [6.07, 6.45) is 4.20. The third-order valence-corrected chi connectivity index (χ3v) is 4.99. The summed E-state index contributed by atoms with van der Waals surface area (Å²) in [4.78, 5) is 14.1. The Morgan fingerprint density at radius 1 is 1.20 bits per heavy atom. The number of quaternary nitrogens is 1. The molecule has 2 aromatic rings. The van der Waals surface area contributed by atoms with Crippen LogP contribution in [0.5, 0.6) is 11.5 Å². The van der Waals surface area contributed by atoms with Gasteiger partial charge in [0.05, 0.1) is 24.2 Å². The van der Waals surface area contributed by atoms with E-state index in [2.05, 4.69) is 0 Å². The molecule has 0 bridgehead atoms. The summed E-state index contributed by atoms with van der Waals surface area (Å²) < 4.78 is 5.92. The molecule has 4 nitrogen and oxygen atoms in total. The molecule has 2 aliphatic heterocycles. The molecule has 2 N–H and O–H groups in total. The Morgan fingerprint density at radius 2 is 2.00 bits per heavy atom. The van der Waals surface area contributed by atoms with E-state index >= 15 is 0 Å². The van der Waals surface area contributed by atoms with Crippen LogP contribution >= 0.6 is 0 Å². The largest absolute Gasteiger partial charge is 0.507 e. The van der Waals surface area contributed by atoms with Crippen molar-refractivity contribution in [2.75, 3.05) is 13.1 Å². The quantitative estimate of drug-likeness (QED) is 0.847. The molecule has 0 atom stereocenters. The van der Waals surface area contributed by atoms with E-state index in [9.17, 15) is 9.90 Å². The Morgan fingerprint density at radius 3 is 2.76 bits per heavy atom. The van der Waals surface area contributed by atoms with Crippen LogP contribution in [-0.2, 0) is 6.54 Å². The minimum Gasteiger partial charge on any atom is -0.507 e. The molecule has 4 heteroatoms. The van der Waals surface area contributed by atoms with Gasteiger partial charge in [0, 0.05) is 12.8 Å². The van der Waals surface area contributed by atoms with Gasteiger partial charge in [-0.1, -0.05) is 29.8 Å². The number of hydrogen-bond donors (Lipinski definition) is 2. The SMILES string of the molecule is Cc1cccc(/C=C2\Oc3c(ccc(O)c3C[NH+]3CCCC3)C2=O)c1. The molecule has 128 valence electrons. The van der Waals surface area contributed by atoms with Gasteiger partial charge in [-0.05, 0) is 30.7 Å². The number of ether oxygens (including phenoxy) is 1. The van der Waals surface area contributed by atoms with Crippen molar-refractivity contribution in [3.05, 3.63) is 64.4 Å². The minimum atomic E-state index is -0.117. The van der Waals surface area contributed by atoms with Crippen LogP contribution in [0.15, 0.2) is 42.2 Å². The molecular formula is C21H22NO3+. The van der Waals surface area contributed by atoms with Crippen molar-refractivity contribution >= 4 is 11.9 Å². The fourth-order valence-corrected chi connectivity index (χ4v) is 3.68. The summed E-state index contributed by atoms with van der Waals surface area (Å²) in [6.45, 7) is 4.91. The average Bonchev–Trinajstić information content (AvgIpc) is 3.20. The zero-order chi connectivity index (χ0) is 17.4. The molecule has 0 spiro atoms. The van der Waals surface area contributed by atoms with Gasteiger partial charge in [-0.25, -0.2) is 0 Å². The summed E-state index contributed by atoms with van der Waals surface area (Å²) in [6, 6.07) is 11.2. The van der Waals surface area contributed by atoms with Crippen LogP contribution in [0.3, 0.4) is 0 Å². The number of hydrogen-bond acceptors (Lipinski definition) is 3. The number of phenols is 1. The fraction of sp³-hybridized carbons (Fsp3) is 0.286. The molecule has 2 aliphatic rings. The zero-order valence-electron chi connectivity index (χ0n) is 14.3. The predicted molar refractivity (Wildman–Crippen MR) is 95.9 cm³/mol. The normalized spacial score (nSPS) is 18.6. The van der Waals surface area contributed by atoms with Gasteiger partial charge < -0.3 is 14.7 Å². The number of allylic oxidation sites excluding steroid dienone is 1. The molecule has 1 fully saturated rings. The maximum Gasteiger partial charge on any atom is 0.231 e. The second-order valence-electron chi connectivity index (χ2n) is 6.93. The van der Waals surface area contributed by atoms with Crippen molar-refractivity contribution in [3.8, 4) is 11.5 Å². The summed E-state index contributed by atoms with van der Waals surface area (Å²) in [5, 5.41) is 10.3. The highest BCUT2D eigenvalue weighted by Gasteiger charge is 2.32. The molecule has 4 rings (SSSR count). The average molecular weight is 336 g/mol. The number of Topliss-reactive ketones (excluding diaryl/α,β-unsaturated/α-hetero) is 1. The first-order chi connectivity index (χ1) is 12.1. The predicted octanol–water partition coefficient (Wildman–Crippen LogP) is 2.50. The van der Waals surface area contributed by atoms with Crippen LogP contribution < -0.4 is 9.64 Å². The lowest BCUT2D eigenvalue weighted by atomic mass is 10.0. The van der Waals surface area contributed by atoms with E-state index in [1.165, 1.54) is 17.7 Å². The minimum absolute atomic E-state index is 0.117. The first kappa shape index (κ1) is 15.9. The van der Waals surface area contributed by atoms with Gasteiger partial charge in [-0.15, -0.1) is 0 Å². The van der Waals surface area contributed by atoms with Crippen molar-refractivity contribution in [1.82, 2.24) is 0 Å². The number of fused-ring (bicyclic) bond motifs is 1. The van der Waals surface area contributed by atoms with Gasteiger partial charge in [-0.3, -0.25) is 4.79 Å². The monoisotopic (exact) mass is 336 g/mol. The second-order valence-corrected chi connectivity index (χ2v) is 6.93. The molecule has 0 aliphatic carbocycles. The number of aryl methyl sites for hydroxylation is 1. The number of phenolic OH excluding ortho intramolecular Hbond substituents is 1. The van der Waals surface area contributed by atoms with Gasteiger partial charge in [0.2, 0.25) is 5.78 Å². The van der Waals surface area contributed by atoms with Crippen LogP contribution in [0.4, 0.5) is 0 Å². The number of carbonyl (C=O) groups excluding carboxylic acids is 1. The zero-order valence-corrected chi connectivity index (χ0v) is 14.3. The number of carbonyl (C=O) groups is 1. The van der Waals surface area contributed by atoms with Gasteiger partial charge in [0.1, 0.15) is 12.3 Å². The number of likely N-dealkylation sites (tertiary alicyclic amines) is 1. The number of aromatic hydroxyl groups is 1. The van der Waals surface area contributed by atoms with E-state index in [1.807, 2.05) is 31.2 Å². The first-order valence-electron chi connectivity index (χ1n) is 8.81. The Labute approximate surface area is 147 Å². The van der Waals surface area contributed by atoms with Gasteiger partial charge in [0.15, 0.2) is 11.5 Å². The van der Waals surface area contributed by atoms with Crippen molar-refractivity contribution in [2.45, 2.75) is 26.3 Å². The molecule has 0 amide bonds. The summed E-state index contributed by atoms with van der Waals surface area (Å²) in [5.74, 6) is 0.948. The van der Waals surface area contributed by atoms with Crippen LogP contribution in [0, 0.1) is 6.92 Å². The third-order valence-electron chi connectivity index (χ3n) is 4.99. The number of ketones is 1. The molecule has 0 radical (unpaired) electrons. The van der Waals surface area contributed by atoms with Gasteiger partial charge >= 0.3 is 0 Å². The van der Waals surface area contributed by atoms with Crippen molar-refractivity contribution in [1.29, 1.82) is 0 Å². The van der Waals surface area contributed by atoms with E-state index in [0.29, 0.717) is 23.6 Å². The third kappa shape index (κ3) is 3.05. The lowest BCUT2D eigenvalue weighted by Crippen LogP contribution is -3.08. The summed E-state index contributed by atoms with van der Waals surface area (Å²) in [7, 11) is 0. The van der Waals surface area contributed by atoms with Gasteiger partial charge in [0.25, 0.3) is 0 Å². The van der Waals surface area contributed by atoms with E-state index in [1.54, 1.807) is 18.2 Å². The summed E-state index contributed by atoms with van der Waals surface area (Å²) >= 11 is 0. The van der Waals surface area contributed by atoms with Crippen molar-refractivity contribution in [3.63, 3.8) is 0 Å². The molecule has 2 heterocycles. The highest BCUT2D eigenvalue weighted by Crippen LogP contribution is 2.39. The Kier molecular flexibility index (Phi) is 4.06. The molecule has 1 saturated heterocycles. The Balaban J connectivity index is 1.68. The topological polar surface area (TPSA) is 51.0 Å². The smallest absolute Gasteiger partial charge is 0.231 e. The summed E-state index contributed by atoms with van der Waals surface area (Å²) in [5.41, 5.74) is 3.36. The lowest BCUT2D eigenvalue weighted by molar-refractivity contribution is -0.901. The lowest BCUT2D eigenvalue weighted by Gasteiger charge is -2.15. The molecule has 0 aromatic heterocycles. The molecule has 25 heavy (non-hydrogen) atoms. The molecule has 2 aromatic carbocycles. The fourth-order valence-electron chi connectivity index (χ4n) is 3.68. The molecule has 0 unspecified atom stereocenters. The van der Waals surface area contributed by atoms with Crippen LogP contribution in [0.25, 0.3) is 6.08 Å². The highest BCUT2D eigenvalue weighted by atomic mass is 16.5. The van der Waals surface area contributed by atoms with Crippen LogP contribution in [-0.4, -0.2) is 24.0 Å². The van der Waals surface area contributed by atoms with E-state index < -0.39 is 0 Å². The first-order valence-corrected chi connectivity index (χ1v) is 8.81. The number of nitrogens with one attached hydrogen (secondary N) is 1. The second kappa shape index (κ2) is 6.37. The van der Waals surface area contributed by atoms with E-state index in [4.69, 9.17) is 4.74 Å². The molecule has 0 saturated carbocycles. The van der Waals surface area contributed by atoms with Crippen LogP contribution in [0.1, 0.15) is 39.9 Å². The maximum absolute atomic E-state index is 12.7. The van der Waals surface area contributed by atoms with E-state index in [-0.39, 0.29) is 11.5 Å². The van der Waals surface area contributed by atoms with E-state index in [0.717, 1.165) is 29.8 Å².